The number of carbonyl (C=O) groups excluding carboxylic acids is 1. The van der Waals surface area contributed by atoms with Crippen molar-refractivity contribution < 1.29 is 4.79 Å². The summed E-state index contributed by atoms with van der Waals surface area (Å²) in [6.07, 6.45) is 5.15. The second kappa shape index (κ2) is 8.96. The number of carbonyl (C=O) groups is 1. The van der Waals surface area contributed by atoms with Gasteiger partial charge in [0.2, 0.25) is 5.91 Å². The smallest absolute Gasteiger partial charge is 0.235 e. The van der Waals surface area contributed by atoms with Gasteiger partial charge in [0.05, 0.1) is 23.0 Å². The predicted octanol–water partition coefficient (Wildman–Crippen LogP) is 4.10. The third-order valence-corrected chi connectivity index (χ3v) is 6.37. The minimum Gasteiger partial charge on any atom is -0.325 e. The number of benzene rings is 2. The standard InChI is InChI=1S/C26H26N6O/c1-18-5-10-24(32-31-18)20-3-2-4-23(15-20)30-25(33)26(11-13-27-14-12-26)22-8-6-19(7-9-22)21-16-28-29-17-21/h2-10,15-17,27H,11-14H2,1H3,(H,28,29)(H,30,33). The van der Waals surface area contributed by atoms with E-state index in [-0.39, 0.29) is 5.91 Å². The highest BCUT2D eigenvalue weighted by Crippen LogP contribution is 2.36. The molecule has 166 valence electrons. The average molecular weight is 439 g/mol. The molecule has 4 aromatic rings. The van der Waals surface area contributed by atoms with E-state index in [0.717, 1.165) is 65.3 Å². The third-order valence-electron chi connectivity index (χ3n) is 6.37. The van der Waals surface area contributed by atoms with Crippen molar-refractivity contribution >= 4 is 11.6 Å². The second-order valence-corrected chi connectivity index (χ2v) is 8.49. The Bertz CT molecular complexity index is 1230. The minimum atomic E-state index is -0.583. The number of nitrogens with one attached hydrogen (secondary N) is 3. The lowest BCUT2D eigenvalue weighted by atomic mass is 9.72. The van der Waals surface area contributed by atoms with Gasteiger partial charge in [-0.3, -0.25) is 9.89 Å². The highest BCUT2D eigenvalue weighted by atomic mass is 16.2. The molecule has 1 aliphatic heterocycles. The van der Waals surface area contributed by atoms with Crippen molar-refractivity contribution in [3.63, 3.8) is 0 Å². The van der Waals surface area contributed by atoms with Crippen LogP contribution in [0.1, 0.15) is 24.1 Å². The quantitative estimate of drug-likeness (QED) is 0.436. The van der Waals surface area contributed by atoms with Crippen LogP contribution in [0.3, 0.4) is 0 Å². The van der Waals surface area contributed by atoms with Gasteiger partial charge in [-0.1, -0.05) is 36.4 Å². The molecule has 0 spiro atoms. The maximum absolute atomic E-state index is 13.7. The lowest BCUT2D eigenvalue weighted by molar-refractivity contribution is -0.122. The molecule has 3 heterocycles. The number of amides is 1. The van der Waals surface area contributed by atoms with Crippen molar-refractivity contribution in [2.45, 2.75) is 25.2 Å². The van der Waals surface area contributed by atoms with Gasteiger partial charge >= 0.3 is 0 Å². The van der Waals surface area contributed by atoms with E-state index in [2.05, 4.69) is 55.3 Å². The van der Waals surface area contributed by atoms with Crippen LogP contribution in [0.25, 0.3) is 22.4 Å². The highest BCUT2D eigenvalue weighted by molar-refractivity contribution is 5.99. The zero-order valence-corrected chi connectivity index (χ0v) is 18.5. The molecule has 33 heavy (non-hydrogen) atoms. The van der Waals surface area contributed by atoms with Crippen molar-refractivity contribution in [3.05, 3.63) is 84.3 Å². The first kappa shape index (κ1) is 21.0. The Morgan fingerprint density at radius 1 is 0.939 bits per heavy atom. The van der Waals surface area contributed by atoms with Crippen molar-refractivity contribution in [2.75, 3.05) is 18.4 Å². The zero-order chi connectivity index (χ0) is 22.7. The number of hydrogen-bond donors (Lipinski definition) is 3. The normalized spacial score (nSPS) is 15.2. The van der Waals surface area contributed by atoms with Gasteiger partial charge in [0.25, 0.3) is 0 Å². The number of rotatable bonds is 5. The van der Waals surface area contributed by atoms with Crippen LogP contribution in [0.5, 0.6) is 0 Å². The molecule has 1 aliphatic rings. The third kappa shape index (κ3) is 4.27. The lowest BCUT2D eigenvalue weighted by Gasteiger charge is -2.37. The van der Waals surface area contributed by atoms with Crippen LogP contribution in [0, 0.1) is 6.92 Å². The van der Waals surface area contributed by atoms with Crippen LogP contribution >= 0.6 is 0 Å². The predicted molar refractivity (Wildman–Crippen MR) is 129 cm³/mol. The molecular weight excluding hydrogens is 412 g/mol. The fourth-order valence-corrected chi connectivity index (χ4v) is 4.45. The summed E-state index contributed by atoms with van der Waals surface area (Å²) in [6.45, 7) is 3.51. The molecule has 0 unspecified atom stereocenters. The fourth-order valence-electron chi connectivity index (χ4n) is 4.45. The van der Waals surface area contributed by atoms with Crippen LogP contribution < -0.4 is 10.6 Å². The first-order valence-electron chi connectivity index (χ1n) is 11.2. The van der Waals surface area contributed by atoms with E-state index < -0.39 is 5.41 Å². The number of aromatic nitrogens is 4. The van der Waals surface area contributed by atoms with Gasteiger partial charge in [-0.25, -0.2) is 0 Å². The molecule has 0 radical (unpaired) electrons. The molecule has 2 aromatic carbocycles. The summed E-state index contributed by atoms with van der Waals surface area (Å²) in [6, 6.07) is 19.9. The maximum Gasteiger partial charge on any atom is 0.235 e. The molecule has 7 heteroatoms. The van der Waals surface area contributed by atoms with Crippen LogP contribution in [0.15, 0.2) is 73.1 Å². The van der Waals surface area contributed by atoms with E-state index in [1.54, 1.807) is 6.20 Å². The summed E-state index contributed by atoms with van der Waals surface area (Å²) in [4.78, 5) is 13.7. The van der Waals surface area contributed by atoms with Crippen molar-refractivity contribution in [2.24, 2.45) is 0 Å². The summed E-state index contributed by atoms with van der Waals surface area (Å²) in [5.74, 6) is 0.0206. The summed E-state index contributed by atoms with van der Waals surface area (Å²) in [5, 5.41) is 21.9. The minimum absolute atomic E-state index is 0.0206. The van der Waals surface area contributed by atoms with Gasteiger partial charge in [0.1, 0.15) is 0 Å². The van der Waals surface area contributed by atoms with Crippen LogP contribution in [0.4, 0.5) is 5.69 Å². The Morgan fingerprint density at radius 2 is 1.76 bits per heavy atom. The molecule has 0 atom stereocenters. The number of aryl methyl sites for hydroxylation is 1. The SMILES string of the molecule is Cc1ccc(-c2cccc(NC(=O)C3(c4ccc(-c5cn[nH]c5)cc4)CCNCC3)c2)nn1. The van der Waals surface area contributed by atoms with E-state index in [9.17, 15) is 4.79 Å². The number of aromatic amines is 1. The Kier molecular flexibility index (Phi) is 5.71. The number of piperidine rings is 1. The average Bonchev–Trinajstić information content (AvgIpc) is 3.40. The molecule has 3 N–H and O–H groups in total. The summed E-state index contributed by atoms with van der Waals surface area (Å²) in [7, 11) is 0. The largest absolute Gasteiger partial charge is 0.325 e. The molecule has 0 aliphatic carbocycles. The highest BCUT2D eigenvalue weighted by Gasteiger charge is 2.41. The topological polar surface area (TPSA) is 95.6 Å². The molecule has 1 amide bonds. The number of anilines is 1. The second-order valence-electron chi connectivity index (χ2n) is 8.49. The van der Waals surface area contributed by atoms with E-state index in [1.807, 2.05) is 49.5 Å². The lowest BCUT2D eigenvalue weighted by Crippen LogP contribution is -2.48. The zero-order valence-electron chi connectivity index (χ0n) is 18.5. The first-order chi connectivity index (χ1) is 16.1. The van der Waals surface area contributed by atoms with Gasteiger partial charge in [0.15, 0.2) is 0 Å². The van der Waals surface area contributed by atoms with E-state index >= 15 is 0 Å². The van der Waals surface area contributed by atoms with Crippen molar-refractivity contribution in [1.29, 1.82) is 0 Å². The monoisotopic (exact) mass is 438 g/mol. The van der Waals surface area contributed by atoms with E-state index in [4.69, 9.17) is 0 Å². The summed E-state index contributed by atoms with van der Waals surface area (Å²) in [5.41, 5.74) is 5.88. The fraction of sp³-hybridized carbons (Fsp3) is 0.231. The Hall–Kier alpha value is -3.84. The summed E-state index contributed by atoms with van der Waals surface area (Å²) < 4.78 is 0. The van der Waals surface area contributed by atoms with Gasteiger partial charge in [-0.15, -0.1) is 0 Å². The van der Waals surface area contributed by atoms with Gasteiger partial charge in [-0.05, 0) is 68.2 Å². The summed E-state index contributed by atoms with van der Waals surface area (Å²) >= 11 is 0. The number of nitrogens with zero attached hydrogens (tertiary/aromatic N) is 3. The van der Waals surface area contributed by atoms with Crippen molar-refractivity contribution in [3.8, 4) is 22.4 Å². The van der Waals surface area contributed by atoms with E-state index in [1.165, 1.54) is 0 Å². The Balaban J connectivity index is 1.42. The molecule has 1 saturated heterocycles. The molecule has 5 rings (SSSR count). The Labute approximate surface area is 192 Å². The van der Waals surface area contributed by atoms with Crippen LogP contribution in [-0.2, 0) is 10.2 Å². The molecule has 0 bridgehead atoms. The van der Waals surface area contributed by atoms with Crippen LogP contribution in [-0.4, -0.2) is 39.4 Å². The molecule has 7 nitrogen and oxygen atoms in total. The van der Waals surface area contributed by atoms with Gasteiger partial charge < -0.3 is 10.6 Å². The van der Waals surface area contributed by atoms with Crippen molar-refractivity contribution in [1.82, 2.24) is 25.7 Å². The Morgan fingerprint density at radius 3 is 2.45 bits per heavy atom. The maximum atomic E-state index is 13.7. The number of hydrogen-bond acceptors (Lipinski definition) is 5. The van der Waals surface area contributed by atoms with Gasteiger partial charge in [-0.2, -0.15) is 15.3 Å². The number of H-pyrrole nitrogens is 1. The first-order valence-corrected chi connectivity index (χ1v) is 11.2. The molecule has 0 saturated carbocycles. The molecule has 1 fully saturated rings. The van der Waals surface area contributed by atoms with E-state index in [0.29, 0.717) is 0 Å². The van der Waals surface area contributed by atoms with Gasteiger partial charge in [0, 0.05) is 23.0 Å². The molecular formula is C26H26N6O. The molecule has 2 aromatic heterocycles. The van der Waals surface area contributed by atoms with Crippen LogP contribution in [0.2, 0.25) is 0 Å².